The van der Waals surface area contributed by atoms with Gasteiger partial charge >= 0.3 is 0 Å². The van der Waals surface area contributed by atoms with Crippen LogP contribution < -0.4 is 10.2 Å². The number of rotatable bonds is 3. The van der Waals surface area contributed by atoms with E-state index in [1.54, 1.807) is 4.90 Å². The van der Waals surface area contributed by atoms with Crippen molar-refractivity contribution in [3.63, 3.8) is 0 Å². The lowest BCUT2D eigenvalue weighted by Gasteiger charge is -2.24. The number of nitrogens with zero attached hydrogens (tertiary/aromatic N) is 2. The Hall–Kier alpha value is -1.10. The van der Waals surface area contributed by atoms with Crippen molar-refractivity contribution in [2.45, 2.75) is 12.8 Å². The molecule has 2 aliphatic heterocycles. The molecule has 2 aliphatic rings. The monoisotopic (exact) mass is 309 g/mol. The van der Waals surface area contributed by atoms with Gasteiger partial charge in [0.15, 0.2) is 0 Å². The number of halogens is 1. The molecule has 2 saturated heterocycles. The number of hydrogen-bond donors (Lipinski definition) is 1. The van der Waals surface area contributed by atoms with Gasteiger partial charge in [-0.3, -0.25) is 9.69 Å². The molecular formula is C16H24ClN3O. The van der Waals surface area contributed by atoms with Gasteiger partial charge in [-0.15, -0.1) is 12.4 Å². The minimum Gasteiger partial charge on any atom is -0.316 e. The summed E-state index contributed by atoms with van der Waals surface area (Å²) >= 11 is 0. The van der Waals surface area contributed by atoms with Gasteiger partial charge in [-0.05, 0) is 43.5 Å². The summed E-state index contributed by atoms with van der Waals surface area (Å²) in [4.78, 5) is 16.4. The molecule has 2 heterocycles. The molecule has 0 bridgehead atoms. The Labute approximate surface area is 132 Å². The smallest absolute Gasteiger partial charge is 0.240 e. The van der Waals surface area contributed by atoms with Crippen molar-refractivity contribution in [3.05, 3.63) is 30.3 Å². The number of amides is 1. The van der Waals surface area contributed by atoms with E-state index in [1.165, 1.54) is 12.8 Å². The van der Waals surface area contributed by atoms with Gasteiger partial charge in [0.2, 0.25) is 5.91 Å². The van der Waals surface area contributed by atoms with E-state index in [2.05, 4.69) is 10.2 Å². The summed E-state index contributed by atoms with van der Waals surface area (Å²) in [6.07, 6.45) is 2.48. The van der Waals surface area contributed by atoms with Crippen LogP contribution in [0.5, 0.6) is 0 Å². The Morgan fingerprint density at radius 2 is 2.10 bits per heavy atom. The summed E-state index contributed by atoms with van der Waals surface area (Å²) in [7, 11) is 1.86. The van der Waals surface area contributed by atoms with Crippen molar-refractivity contribution < 1.29 is 4.79 Å². The van der Waals surface area contributed by atoms with Crippen molar-refractivity contribution in [2.24, 2.45) is 5.41 Å². The predicted molar refractivity (Wildman–Crippen MR) is 88.1 cm³/mol. The molecule has 116 valence electrons. The normalized spacial score (nSPS) is 25.0. The van der Waals surface area contributed by atoms with Crippen LogP contribution in [0.2, 0.25) is 0 Å². The lowest BCUT2D eigenvalue weighted by molar-refractivity contribution is -0.119. The molecule has 3 rings (SSSR count). The van der Waals surface area contributed by atoms with Gasteiger partial charge in [-0.1, -0.05) is 18.2 Å². The standard InChI is InChI=1S/C16H23N3O.ClH/c1-18(14-5-3-2-4-6-14)15(20)11-19-10-8-16(13-19)7-9-17-12-16;/h2-6,17H,7-13H2,1H3;1H. The molecule has 1 spiro atoms. The van der Waals surface area contributed by atoms with E-state index in [9.17, 15) is 4.79 Å². The summed E-state index contributed by atoms with van der Waals surface area (Å²) in [6, 6.07) is 9.86. The number of nitrogens with one attached hydrogen (secondary N) is 1. The topological polar surface area (TPSA) is 35.6 Å². The zero-order valence-corrected chi connectivity index (χ0v) is 13.4. The summed E-state index contributed by atoms with van der Waals surface area (Å²) in [5, 5.41) is 3.46. The van der Waals surface area contributed by atoms with E-state index < -0.39 is 0 Å². The Bertz CT molecular complexity index is 474. The number of anilines is 1. The molecule has 2 fully saturated rings. The molecule has 5 heteroatoms. The highest BCUT2D eigenvalue weighted by atomic mass is 35.5. The zero-order chi connectivity index (χ0) is 14.0. The number of likely N-dealkylation sites (tertiary alicyclic amines) is 1. The molecule has 0 radical (unpaired) electrons. The first-order valence-corrected chi connectivity index (χ1v) is 7.43. The number of likely N-dealkylation sites (N-methyl/N-ethyl adjacent to an activating group) is 1. The van der Waals surface area contributed by atoms with Gasteiger partial charge in [0.25, 0.3) is 0 Å². The Kier molecular flexibility index (Phi) is 5.25. The van der Waals surface area contributed by atoms with Crippen molar-refractivity contribution in [2.75, 3.05) is 44.7 Å². The third kappa shape index (κ3) is 3.57. The highest BCUT2D eigenvalue weighted by molar-refractivity contribution is 5.94. The van der Waals surface area contributed by atoms with Crippen molar-refractivity contribution in [3.8, 4) is 0 Å². The lowest BCUT2D eigenvalue weighted by Crippen LogP contribution is -2.38. The van der Waals surface area contributed by atoms with E-state index in [-0.39, 0.29) is 18.3 Å². The van der Waals surface area contributed by atoms with E-state index in [0.29, 0.717) is 12.0 Å². The van der Waals surface area contributed by atoms with Gasteiger partial charge in [-0.25, -0.2) is 0 Å². The fourth-order valence-corrected chi connectivity index (χ4v) is 3.40. The van der Waals surface area contributed by atoms with Crippen LogP contribution in [0.15, 0.2) is 30.3 Å². The number of carbonyl (C=O) groups is 1. The largest absolute Gasteiger partial charge is 0.316 e. The Morgan fingerprint density at radius 1 is 1.33 bits per heavy atom. The summed E-state index contributed by atoms with van der Waals surface area (Å²) in [6.45, 7) is 4.90. The molecule has 0 aromatic heterocycles. The van der Waals surface area contributed by atoms with Gasteiger partial charge in [-0.2, -0.15) is 0 Å². The maximum absolute atomic E-state index is 12.4. The third-order valence-electron chi connectivity index (χ3n) is 4.73. The fourth-order valence-electron chi connectivity index (χ4n) is 3.40. The van der Waals surface area contributed by atoms with Gasteiger partial charge in [0.1, 0.15) is 0 Å². The molecule has 1 aromatic rings. The molecule has 0 aliphatic carbocycles. The lowest BCUT2D eigenvalue weighted by atomic mass is 9.87. The Balaban J connectivity index is 0.00000161. The molecule has 1 unspecified atom stereocenters. The number of para-hydroxylation sites is 1. The minimum atomic E-state index is 0. The highest BCUT2D eigenvalue weighted by Crippen LogP contribution is 2.35. The van der Waals surface area contributed by atoms with Crippen LogP contribution in [0.25, 0.3) is 0 Å². The van der Waals surface area contributed by atoms with Gasteiger partial charge in [0, 0.05) is 25.8 Å². The maximum Gasteiger partial charge on any atom is 0.240 e. The maximum atomic E-state index is 12.4. The van der Waals surface area contributed by atoms with Gasteiger partial charge in [0.05, 0.1) is 6.54 Å². The van der Waals surface area contributed by atoms with E-state index >= 15 is 0 Å². The quantitative estimate of drug-likeness (QED) is 0.924. The second-order valence-electron chi connectivity index (χ2n) is 6.18. The summed E-state index contributed by atoms with van der Waals surface area (Å²) < 4.78 is 0. The molecule has 1 amide bonds. The highest BCUT2D eigenvalue weighted by Gasteiger charge is 2.40. The van der Waals surface area contributed by atoms with Crippen molar-refractivity contribution in [1.82, 2.24) is 10.2 Å². The first-order valence-electron chi connectivity index (χ1n) is 7.43. The summed E-state index contributed by atoms with van der Waals surface area (Å²) in [5.74, 6) is 0.180. The first-order chi connectivity index (χ1) is 9.69. The van der Waals surface area contributed by atoms with Crippen LogP contribution in [-0.2, 0) is 4.79 Å². The number of benzene rings is 1. The SMILES string of the molecule is CN(C(=O)CN1CCC2(CCNC2)C1)c1ccccc1.Cl. The van der Waals surface area contributed by atoms with E-state index in [4.69, 9.17) is 0 Å². The molecule has 1 aromatic carbocycles. The average molecular weight is 310 g/mol. The number of carbonyl (C=O) groups excluding carboxylic acids is 1. The van der Waals surface area contributed by atoms with Crippen LogP contribution in [0.1, 0.15) is 12.8 Å². The summed E-state index contributed by atoms with van der Waals surface area (Å²) in [5.41, 5.74) is 1.40. The Morgan fingerprint density at radius 3 is 2.76 bits per heavy atom. The predicted octanol–water partition coefficient (Wildman–Crippen LogP) is 1.76. The van der Waals surface area contributed by atoms with Crippen molar-refractivity contribution >= 4 is 24.0 Å². The third-order valence-corrected chi connectivity index (χ3v) is 4.73. The van der Waals surface area contributed by atoms with Crippen LogP contribution in [0.3, 0.4) is 0 Å². The number of hydrogen-bond acceptors (Lipinski definition) is 3. The van der Waals surface area contributed by atoms with Crippen LogP contribution >= 0.6 is 12.4 Å². The van der Waals surface area contributed by atoms with Crippen LogP contribution in [0, 0.1) is 5.41 Å². The van der Waals surface area contributed by atoms with E-state index in [0.717, 1.165) is 31.9 Å². The van der Waals surface area contributed by atoms with Crippen LogP contribution in [0.4, 0.5) is 5.69 Å². The fraction of sp³-hybridized carbons (Fsp3) is 0.562. The van der Waals surface area contributed by atoms with Gasteiger partial charge < -0.3 is 10.2 Å². The second-order valence-corrected chi connectivity index (χ2v) is 6.18. The molecule has 21 heavy (non-hydrogen) atoms. The molecule has 1 atom stereocenters. The second kappa shape index (κ2) is 6.77. The van der Waals surface area contributed by atoms with E-state index in [1.807, 2.05) is 37.4 Å². The molecule has 0 saturated carbocycles. The average Bonchev–Trinajstić information content (AvgIpc) is 3.09. The zero-order valence-electron chi connectivity index (χ0n) is 12.5. The van der Waals surface area contributed by atoms with Crippen LogP contribution in [-0.4, -0.2) is 50.6 Å². The molecule has 1 N–H and O–H groups in total. The first kappa shape index (κ1) is 16.3. The molecular weight excluding hydrogens is 286 g/mol. The van der Waals surface area contributed by atoms with Crippen molar-refractivity contribution in [1.29, 1.82) is 0 Å². The minimum absolute atomic E-state index is 0. The molecule has 4 nitrogen and oxygen atoms in total.